The first-order valence-corrected chi connectivity index (χ1v) is 13.5. The maximum atomic E-state index is 14.2. The second-order valence-electron chi connectivity index (χ2n) is 9.99. The highest BCUT2D eigenvalue weighted by molar-refractivity contribution is 5.97. The van der Waals surface area contributed by atoms with Crippen LogP contribution >= 0.6 is 0 Å². The molecule has 0 aliphatic heterocycles. The first-order chi connectivity index (χ1) is 21.4. The van der Waals surface area contributed by atoms with Gasteiger partial charge in [-0.2, -0.15) is 4.39 Å². The monoisotopic (exact) mass is 586 g/mol. The third kappa shape index (κ3) is 4.54. The number of aryl methyl sites for hydroxylation is 1. The topological polar surface area (TPSA) is 126 Å². The van der Waals surface area contributed by atoms with Gasteiger partial charge in [0, 0.05) is 71.4 Å². The van der Waals surface area contributed by atoms with Gasteiger partial charge in [0.2, 0.25) is 17.7 Å². The summed E-state index contributed by atoms with van der Waals surface area (Å²) in [4.78, 5) is 29.0. The molecule has 1 N–H and O–H groups in total. The summed E-state index contributed by atoms with van der Waals surface area (Å²) in [6.07, 6.45) is 7.30. The van der Waals surface area contributed by atoms with Crippen LogP contribution in [0, 0.1) is 15.9 Å². The van der Waals surface area contributed by atoms with E-state index in [-0.39, 0.29) is 17.4 Å². The summed E-state index contributed by atoms with van der Waals surface area (Å²) in [5.74, 6) is -0.296. The molecule has 7 rings (SSSR count). The fraction of sp³-hybridized carbons (Fsp3) is 0.0625. The number of ether oxygens (including phenoxy) is 1. The molecule has 11 nitrogen and oxygen atoms in total. The van der Waals surface area contributed by atoms with Crippen molar-refractivity contribution in [3.05, 3.63) is 114 Å². The predicted octanol–water partition coefficient (Wildman–Crippen LogP) is 6.84. The van der Waals surface area contributed by atoms with Crippen LogP contribution in [0.4, 0.5) is 21.7 Å². The number of nitrogens with one attached hydrogen (secondary N) is 1. The van der Waals surface area contributed by atoms with Crippen molar-refractivity contribution < 1.29 is 14.1 Å². The molecule has 0 radical (unpaired) electrons. The van der Waals surface area contributed by atoms with Crippen LogP contribution in [0.2, 0.25) is 0 Å². The highest BCUT2D eigenvalue weighted by atomic mass is 19.1. The fourth-order valence-electron chi connectivity index (χ4n) is 5.35. The second kappa shape index (κ2) is 10.6. The van der Waals surface area contributed by atoms with Crippen molar-refractivity contribution in [1.82, 2.24) is 29.1 Å². The van der Waals surface area contributed by atoms with Gasteiger partial charge in [-0.25, -0.2) is 19.9 Å². The molecule has 0 saturated carbocycles. The van der Waals surface area contributed by atoms with E-state index in [1.165, 1.54) is 7.11 Å². The van der Waals surface area contributed by atoms with Gasteiger partial charge in [0.05, 0.1) is 34.6 Å². The standard InChI is InChI=1S/C32H23FN8O3/c1-39-17-21(19-7-3-5-9-27(19)39)25-12-14-35-32(38-25)40-18-22(20-8-4-6-10-28(20)40)24-11-13-34-31(36-24)37-26-16-29(41(42)43)23(33)15-30(26)44-2/h3-18H,1-2H3,(H,34,36,37). The van der Waals surface area contributed by atoms with Gasteiger partial charge in [0.25, 0.3) is 0 Å². The molecule has 0 fully saturated rings. The van der Waals surface area contributed by atoms with Crippen LogP contribution in [0.5, 0.6) is 5.75 Å². The Kier molecular flexibility index (Phi) is 6.43. The SMILES string of the molecule is COc1cc(F)c([N+](=O)[O-])cc1Nc1nccc(-c2cn(-c3nccc(-c4cn(C)c5ccccc45)n3)c3ccccc23)n1. The lowest BCUT2D eigenvalue weighted by molar-refractivity contribution is -0.387. The molecule has 0 aliphatic carbocycles. The van der Waals surface area contributed by atoms with E-state index >= 15 is 0 Å². The number of halogens is 1. The Morgan fingerprint density at radius 2 is 1.52 bits per heavy atom. The van der Waals surface area contributed by atoms with Crippen LogP contribution in [0.3, 0.4) is 0 Å². The Morgan fingerprint density at radius 1 is 0.864 bits per heavy atom. The Bertz CT molecular complexity index is 2230. The Hall–Kier alpha value is -6.17. The van der Waals surface area contributed by atoms with E-state index in [9.17, 15) is 14.5 Å². The van der Waals surface area contributed by atoms with E-state index in [1.54, 1.807) is 18.5 Å². The number of para-hydroxylation sites is 2. The van der Waals surface area contributed by atoms with Crippen molar-refractivity contribution in [2.24, 2.45) is 7.05 Å². The molecule has 12 heteroatoms. The summed E-state index contributed by atoms with van der Waals surface area (Å²) in [5.41, 5.74) is 4.62. The van der Waals surface area contributed by atoms with Gasteiger partial charge >= 0.3 is 5.69 Å². The summed E-state index contributed by atoms with van der Waals surface area (Å²) in [6, 6.07) is 21.7. The lowest BCUT2D eigenvalue weighted by Crippen LogP contribution is -2.02. The number of aromatic nitrogens is 6. The summed E-state index contributed by atoms with van der Waals surface area (Å²) in [6.45, 7) is 0. The van der Waals surface area contributed by atoms with E-state index in [0.717, 1.165) is 50.8 Å². The number of hydrogen-bond donors (Lipinski definition) is 1. The molecule has 0 aliphatic rings. The highest BCUT2D eigenvalue weighted by Gasteiger charge is 2.21. The van der Waals surface area contributed by atoms with Crippen molar-refractivity contribution in [2.45, 2.75) is 0 Å². The molecule has 7 aromatic rings. The third-order valence-electron chi connectivity index (χ3n) is 7.39. The van der Waals surface area contributed by atoms with E-state index in [1.807, 2.05) is 60.3 Å². The summed E-state index contributed by atoms with van der Waals surface area (Å²) in [5, 5.41) is 16.3. The zero-order valence-electron chi connectivity index (χ0n) is 23.5. The van der Waals surface area contributed by atoms with Crippen molar-refractivity contribution in [1.29, 1.82) is 0 Å². The number of anilines is 2. The number of methoxy groups -OCH3 is 1. The smallest absolute Gasteiger partial charge is 0.307 e. The Balaban J connectivity index is 1.30. The number of hydrogen-bond acceptors (Lipinski definition) is 8. The predicted molar refractivity (Wildman–Crippen MR) is 165 cm³/mol. The van der Waals surface area contributed by atoms with Crippen molar-refractivity contribution in [3.8, 4) is 34.2 Å². The van der Waals surface area contributed by atoms with Crippen LogP contribution in [0.15, 0.2) is 97.6 Å². The number of nitrogens with zero attached hydrogens (tertiary/aromatic N) is 7. The Labute approximate surface area is 249 Å². The van der Waals surface area contributed by atoms with Crippen LogP contribution in [-0.2, 0) is 7.05 Å². The van der Waals surface area contributed by atoms with Gasteiger partial charge in [-0.05, 0) is 24.3 Å². The van der Waals surface area contributed by atoms with Gasteiger partial charge in [-0.15, -0.1) is 0 Å². The number of fused-ring (bicyclic) bond motifs is 2. The lowest BCUT2D eigenvalue weighted by Gasteiger charge is -2.11. The first-order valence-electron chi connectivity index (χ1n) is 13.5. The molecule has 3 aromatic carbocycles. The minimum absolute atomic E-state index is 0.0712. The van der Waals surface area contributed by atoms with Gasteiger partial charge in [0.15, 0.2) is 0 Å². The molecule has 4 heterocycles. The molecular formula is C32H23FN8O3. The largest absolute Gasteiger partial charge is 0.494 e. The fourth-order valence-corrected chi connectivity index (χ4v) is 5.35. The van der Waals surface area contributed by atoms with Gasteiger partial charge in [0.1, 0.15) is 5.75 Å². The maximum absolute atomic E-state index is 14.2. The molecule has 0 bridgehead atoms. The molecule has 0 amide bonds. The second-order valence-corrected chi connectivity index (χ2v) is 9.99. The third-order valence-corrected chi connectivity index (χ3v) is 7.39. The molecular weight excluding hydrogens is 563 g/mol. The zero-order chi connectivity index (χ0) is 30.4. The summed E-state index contributed by atoms with van der Waals surface area (Å²) < 4.78 is 23.4. The zero-order valence-corrected chi connectivity index (χ0v) is 23.5. The van der Waals surface area contributed by atoms with Crippen molar-refractivity contribution in [2.75, 3.05) is 12.4 Å². The van der Waals surface area contributed by atoms with E-state index in [0.29, 0.717) is 11.6 Å². The van der Waals surface area contributed by atoms with E-state index in [4.69, 9.17) is 9.72 Å². The lowest BCUT2D eigenvalue weighted by atomic mass is 10.1. The molecule has 44 heavy (non-hydrogen) atoms. The molecule has 4 aromatic heterocycles. The van der Waals surface area contributed by atoms with Gasteiger partial charge in [-0.1, -0.05) is 36.4 Å². The average molecular weight is 587 g/mol. The maximum Gasteiger partial charge on any atom is 0.307 e. The molecule has 216 valence electrons. The van der Waals surface area contributed by atoms with Crippen LogP contribution in [0.1, 0.15) is 0 Å². The van der Waals surface area contributed by atoms with Crippen LogP contribution < -0.4 is 10.1 Å². The normalized spacial score (nSPS) is 11.2. The van der Waals surface area contributed by atoms with Crippen LogP contribution in [0.25, 0.3) is 50.3 Å². The number of nitro groups is 1. The molecule has 0 saturated heterocycles. The summed E-state index contributed by atoms with van der Waals surface area (Å²) in [7, 11) is 3.35. The number of nitro benzene ring substituents is 1. The van der Waals surface area contributed by atoms with Crippen LogP contribution in [-0.4, -0.2) is 41.1 Å². The van der Waals surface area contributed by atoms with E-state index < -0.39 is 16.4 Å². The quantitative estimate of drug-likeness (QED) is 0.159. The molecule has 0 unspecified atom stereocenters. The van der Waals surface area contributed by atoms with Crippen molar-refractivity contribution >= 4 is 39.1 Å². The minimum atomic E-state index is -1.01. The Morgan fingerprint density at radius 3 is 2.27 bits per heavy atom. The summed E-state index contributed by atoms with van der Waals surface area (Å²) >= 11 is 0. The number of rotatable bonds is 7. The minimum Gasteiger partial charge on any atom is -0.494 e. The molecule has 0 atom stereocenters. The van der Waals surface area contributed by atoms with Gasteiger partial charge < -0.3 is 14.6 Å². The van der Waals surface area contributed by atoms with Gasteiger partial charge in [-0.3, -0.25) is 14.7 Å². The highest BCUT2D eigenvalue weighted by Crippen LogP contribution is 2.35. The molecule has 0 spiro atoms. The number of benzene rings is 3. The average Bonchev–Trinajstić information content (AvgIpc) is 3.60. The van der Waals surface area contributed by atoms with Crippen molar-refractivity contribution in [3.63, 3.8) is 0 Å². The van der Waals surface area contributed by atoms with E-state index in [2.05, 4.69) is 43.2 Å². The first kappa shape index (κ1) is 26.7.